The number of hydrogen-bond acceptors (Lipinski definition) is 2. The van der Waals surface area contributed by atoms with Crippen molar-refractivity contribution in [3.63, 3.8) is 0 Å². The highest BCUT2D eigenvalue weighted by molar-refractivity contribution is 6.33. The van der Waals surface area contributed by atoms with Gasteiger partial charge in [0.25, 0.3) is 5.91 Å². The molecular weight excluding hydrogens is 274 g/mol. The number of carbonyl (C=O) groups is 1. The van der Waals surface area contributed by atoms with Gasteiger partial charge in [-0.3, -0.25) is 4.79 Å². The van der Waals surface area contributed by atoms with E-state index in [0.717, 1.165) is 31.5 Å². The lowest BCUT2D eigenvalue weighted by Gasteiger charge is -2.30. The van der Waals surface area contributed by atoms with Gasteiger partial charge in [-0.25, -0.2) is 8.78 Å². The van der Waals surface area contributed by atoms with Crippen molar-refractivity contribution in [1.82, 2.24) is 10.6 Å². The number of carbonyl (C=O) groups excluding carboxylic acids is 1. The van der Waals surface area contributed by atoms with Crippen molar-refractivity contribution < 1.29 is 13.6 Å². The molecule has 1 aromatic carbocycles. The minimum Gasteiger partial charge on any atom is -0.348 e. The second-order valence-corrected chi connectivity index (χ2v) is 5.12. The normalized spacial score (nSPS) is 23.2. The molecule has 2 rings (SSSR count). The minimum atomic E-state index is -1.08. The van der Waals surface area contributed by atoms with E-state index in [1.165, 1.54) is 0 Å². The highest BCUT2D eigenvalue weighted by Gasteiger charge is 2.24. The molecule has 0 aliphatic carbocycles. The number of halogens is 3. The standard InChI is InChI=1S/C13H15ClF2N2O/c1-7-12(3-2-4-17-7)18-13(19)8-5-10(15)11(16)6-9(8)14/h5-7,12,17H,2-4H2,1H3,(H,18,19). The summed E-state index contributed by atoms with van der Waals surface area (Å²) in [5, 5.41) is 5.95. The average Bonchev–Trinajstić information content (AvgIpc) is 2.36. The van der Waals surface area contributed by atoms with Crippen LogP contribution in [0.2, 0.25) is 5.02 Å². The molecule has 1 saturated heterocycles. The molecule has 1 heterocycles. The van der Waals surface area contributed by atoms with Gasteiger partial charge in [-0.15, -0.1) is 0 Å². The maximum atomic E-state index is 13.1. The van der Waals surface area contributed by atoms with Crippen molar-refractivity contribution in [3.05, 3.63) is 34.4 Å². The molecular formula is C13H15ClF2N2O. The Morgan fingerprint density at radius 3 is 2.79 bits per heavy atom. The Kier molecular flexibility index (Phi) is 4.37. The molecule has 2 atom stereocenters. The fraction of sp³-hybridized carbons (Fsp3) is 0.462. The van der Waals surface area contributed by atoms with E-state index in [0.29, 0.717) is 0 Å². The van der Waals surface area contributed by atoms with Crippen molar-refractivity contribution in [3.8, 4) is 0 Å². The number of benzene rings is 1. The Bertz CT molecular complexity index is 496. The molecule has 1 aromatic rings. The first-order valence-corrected chi connectivity index (χ1v) is 6.55. The molecule has 0 spiro atoms. The largest absolute Gasteiger partial charge is 0.348 e. The Morgan fingerprint density at radius 2 is 2.11 bits per heavy atom. The van der Waals surface area contributed by atoms with Crippen LogP contribution in [0.4, 0.5) is 8.78 Å². The minimum absolute atomic E-state index is 0.0366. The number of nitrogens with one attached hydrogen (secondary N) is 2. The number of amides is 1. The van der Waals surface area contributed by atoms with Gasteiger partial charge in [-0.1, -0.05) is 11.6 Å². The van der Waals surface area contributed by atoms with Gasteiger partial charge in [0.2, 0.25) is 0 Å². The second-order valence-electron chi connectivity index (χ2n) is 4.71. The number of rotatable bonds is 2. The van der Waals surface area contributed by atoms with Crippen LogP contribution in [0.15, 0.2) is 12.1 Å². The summed E-state index contributed by atoms with van der Waals surface area (Å²) in [6, 6.07) is 1.75. The Balaban J connectivity index is 2.13. The summed E-state index contributed by atoms with van der Waals surface area (Å²) in [5.41, 5.74) is -0.0432. The van der Waals surface area contributed by atoms with Gasteiger partial charge in [-0.2, -0.15) is 0 Å². The summed E-state index contributed by atoms with van der Waals surface area (Å²) in [7, 11) is 0. The van der Waals surface area contributed by atoms with Gasteiger partial charge < -0.3 is 10.6 Å². The molecule has 104 valence electrons. The van der Waals surface area contributed by atoms with Crippen molar-refractivity contribution in [2.75, 3.05) is 6.54 Å². The third kappa shape index (κ3) is 3.22. The molecule has 19 heavy (non-hydrogen) atoms. The number of hydrogen-bond donors (Lipinski definition) is 2. The van der Waals surface area contributed by atoms with Crippen LogP contribution in [0.25, 0.3) is 0 Å². The molecule has 2 N–H and O–H groups in total. The van der Waals surface area contributed by atoms with Crippen LogP contribution in [0, 0.1) is 11.6 Å². The van der Waals surface area contributed by atoms with Crippen molar-refractivity contribution in [2.45, 2.75) is 31.8 Å². The van der Waals surface area contributed by atoms with Gasteiger partial charge in [0, 0.05) is 12.1 Å². The van der Waals surface area contributed by atoms with Crippen LogP contribution in [0.1, 0.15) is 30.1 Å². The topological polar surface area (TPSA) is 41.1 Å². The second kappa shape index (κ2) is 5.84. The molecule has 6 heteroatoms. The van der Waals surface area contributed by atoms with Crippen LogP contribution < -0.4 is 10.6 Å². The highest BCUT2D eigenvalue weighted by Crippen LogP contribution is 2.20. The zero-order valence-electron chi connectivity index (χ0n) is 10.5. The monoisotopic (exact) mass is 288 g/mol. The van der Waals surface area contributed by atoms with E-state index in [1.54, 1.807) is 0 Å². The molecule has 1 aliphatic rings. The highest BCUT2D eigenvalue weighted by atomic mass is 35.5. The maximum absolute atomic E-state index is 13.1. The van der Waals surface area contributed by atoms with Crippen LogP contribution in [0.3, 0.4) is 0 Å². The van der Waals surface area contributed by atoms with Crippen LogP contribution in [0.5, 0.6) is 0 Å². The van der Waals surface area contributed by atoms with Gasteiger partial charge in [0.15, 0.2) is 11.6 Å². The lowest BCUT2D eigenvalue weighted by molar-refractivity contribution is 0.0919. The predicted octanol–water partition coefficient (Wildman–Crippen LogP) is 2.49. The molecule has 2 unspecified atom stereocenters. The first-order valence-electron chi connectivity index (χ1n) is 6.18. The van der Waals surface area contributed by atoms with Gasteiger partial charge in [0.1, 0.15) is 0 Å². The van der Waals surface area contributed by atoms with Crippen molar-refractivity contribution in [2.24, 2.45) is 0 Å². The lowest BCUT2D eigenvalue weighted by Crippen LogP contribution is -2.51. The van der Waals surface area contributed by atoms with Gasteiger partial charge in [-0.05, 0) is 38.4 Å². The van der Waals surface area contributed by atoms with E-state index in [9.17, 15) is 13.6 Å². The van der Waals surface area contributed by atoms with Gasteiger partial charge in [0.05, 0.1) is 10.6 Å². The molecule has 3 nitrogen and oxygen atoms in total. The third-order valence-corrected chi connectivity index (χ3v) is 3.65. The zero-order chi connectivity index (χ0) is 14.0. The fourth-order valence-corrected chi connectivity index (χ4v) is 2.42. The van der Waals surface area contributed by atoms with Gasteiger partial charge >= 0.3 is 0 Å². The molecule has 1 amide bonds. The summed E-state index contributed by atoms with van der Waals surface area (Å²) in [6.45, 7) is 2.89. The summed E-state index contributed by atoms with van der Waals surface area (Å²) >= 11 is 5.77. The molecule has 0 saturated carbocycles. The summed E-state index contributed by atoms with van der Waals surface area (Å²) < 4.78 is 26.1. The average molecular weight is 289 g/mol. The quantitative estimate of drug-likeness (QED) is 0.821. The zero-order valence-corrected chi connectivity index (χ0v) is 11.2. The molecule has 1 aliphatic heterocycles. The van der Waals surface area contributed by atoms with E-state index in [1.807, 2.05) is 6.92 Å². The first-order chi connectivity index (χ1) is 8.99. The van der Waals surface area contributed by atoms with E-state index < -0.39 is 17.5 Å². The van der Waals surface area contributed by atoms with E-state index in [2.05, 4.69) is 10.6 Å². The first kappa shape index (κ1) is 14.2. The fourth-order valence-electron chi connectivity index (χ4n) is 2.18. The smallest absolute Gasteiger partial charge is 0.253 e. The predicted molar refractivity (Wildman–Crippen MR) is 69.3 cm³/mol. The third-order valence-electron chi connectivity index (χ3n) is 3.33. The number of piperidine rings is 1. The van der Waals surface area contributed by atoms with E-state index in [4.69, 9.17) is 11.6 Å². The molecule has 0 aromatic heterocycles. The van der Waals surface area contributed by atoms with E-state index in [-0.39, 0.29) is 22.7 Å². The SMILES string of the molecule is CC1NCCCC1NC(=O)c1cc(F)c(F)cc1Cl. The summed E-state index contributed by atoms with van der Waals surface area (Å²) in [6.07, 6.45) is 1.81. The van der Waals surface area contributed by atoms with Crippen LogP contribution in [-0.2, 0) is 0 Å². The maximum Gasteiger partial charge on any atom is 0.253 e. The Morgan fingerprint density at radius 1 is 1.42 bits per heavy atom. The molecule has 0 bridgehead atoms. The van der Waals surface area contributed by atoms with Crippen molar-refractivity contribution >= 4 is 17.5 Å². The summed E-state index contributed by atoms with van der Waals surface area (Å²) in [4.78, 5) is 12.0. The lowest BCUT2D eigenvalue weighted by atomic mass is 9.99. The molecule has 0 radical (unpaired) electrons. The van der Waals surface area contributed by atoms with Crippen LogP contribution >= 0.6 is 11.6 Å². The van der Waals surface area contributed by atoms with E-state index >= 15 is 0 Å². The van der Waals surface area contributed by atoms with Crippen molar-refractivity contribution in [1.29, 1.82) is 0 Å². The summed E-state index contributed by atoms with van der Waals surface area (Å²) in [5.74, 6) is -2.62. The van der Waals surface area contributed by atoms with Crippen LogP contribution in [-0.4, -0.2) is 24.5 Å². The Hall–Kier alpha value is -1.20. The Labute approximate surface area is 115 Å². The molecule has 1 fully saturated rings.